The molecule has 31 heavy (non-hydrogen) atoms. The highest BCUT2D eigenvalue weighted by atomic mass is 35.5. The number of aromatic nitrogens is 5. The molecule has 0 radical (unpaired) electrons. The Kier molecular flexibility index (Phi) is 6.65. The van der Waals surface area contributed by atoms with E-state index < -0.39 is 0 Å². The Hall–Kier alpha value is -3.56. The van der Waals surface area contributed by atoms with Crippen molar-refractivity contribution in [2.24, 2.45) is 5.10 Å². The van der Waals surface area contributed by atoms with Gasteiger partial charge >= 0.3 is 0 Å². The molecule has 4 rings (SSSR count). The van der Waals surface area contributed by atoms with Crippen LogP contribution in [0.25, 0.3) is 17.1 Å². The number of hydrogen-bond donors (Lipinski definition) is 1. The Labute approximate surface area is 187 Å². The van der Waals surface area contributed by atoms with Crippen molar-refractivity contribution in [3.8, 4) is 17.1 Å². The molecule has 0 aliphatic rings. The molecule has 4 aromatic rings. The van der Waals surface area contributed by atoms with Gasteiger partial charge in [0.05, 0.1) is 12.0 Å². The van der Waals surface area contributed by atoms with Crippen LogP contribution in [0.3, 0.4) is 0 Å². The fraction of sp³-hybridized carbons (Fsp3) is 0.0476. The lowest BCUT2D eigenvalue weighted by Gasteiger charge is -2.10. The van der Waals surface area contributed by atoms with E-state index in [1.807, 2.05) is 28.8 Å². The zero-order valence-corrected chi connectivity index (χ0v) is 17.7. The van der Waals surface area contributed by atoms with E-state index in [1.165, 1.54) is 11.8 Å². The fourth-order valence-corrected chi connectivity index (χ4v) is 3.54. The van der Waals surface area contributed by atoms with Gasteiger partial charge in [0.15, 0.2) is 11.0 Å². The molecule has 3 heterocycles. The second-order valence-corrected chi connectivity index (χ2v) is 7.60. The number of carbonyl (C=O) groups is 1. The van der Waals surface area contributed by atoms with Crippen LogP contribution in [-0.4, -0.2) is 42.6 Å². The molecule has 0 atom stereocenters. The Morgan fingerprint density at radius 1 is 1.00 bits per heavy atom. The average Bonchev–Trinajstić information content (AvgIpc) is 3.23. The molecule has 0 saturated carbocycles. The smallest absolute Gasteiger partial charge is 0.250 e. The molecule has 0 aliphatic carbocycles. The summed E-state index contributed by atoms with van der Waals surface area (Å²) >= 11 is 7.30. The van der Waals surface area contributed by atoms with Gasteiger partial charge in [0, 0.05) is 41.1 Å². The van der Waals surface area contributed by atoms with E-state index in [0.717, 1.165) is 16.8 Å². The highest BCUT2D eigenvalue weighted by molar-refractivity contribution is 7.99. The van der Waals surface area contributed by atoms with E-state index in [0.29, 0.717) is 16.0 Å². The van der Waals surface area contributed by atoms with E-state index in [2.05, 4.69) is 30.7 Å². The number of thioether (sulfide) groups is 1. The van der Waals surface area contributed by atoms with Gasteiger partial charge in [-0.05, 0) is 54.1 Å². The molecule has 3 aromatic heterocycles. The Morgan fingerprint density at radius 2 is 1.68 bits per heavy atom. The summed E-state index contributed by atoms with van der Waals surface area (Å²) in [6, 6.07) is 14.6. The molecule has 0 saturated heterocycles. The van der Waals surface area contributed by atoms with Crippen LogP contribution < -0.4 is 5.43 Å². The number of amides is 1. The maximum Gasteiger partial charge on any atom is 0.250 e. The van der Waals surface area contributed by atoms with Gasteiger partial charge in [0.1, 0.15) is 0 Å². The van der Waals surface area contributed by atoms with E-state index in [9.17, 15) is 4.79 Å². The zero-order chi connectivity index (χ0) is 21.5. The second kappa shape index (κ2) is 9.96. The minimum Gasteiger partial charge on any atom is -0.272 e. The summed E-state index contributed by atoms with van der Waals surface area (Å²) in [6.45, 7) is 0. The largest absolute Gasteiger partial charge is 0.272 e. The number of nitrogens with zero attached hydrogens (tertiary/aromatic N) is 6. The summed E-state index contributed by atoms with van der Waals surface area (Å²) in [4.78, 5) is 20.2. The normalized spacial score (nSPS) is 11.0. The van der Waals surface area contributed by atoms with Crippen LogP contribution in [0.15, 0.2) is 83.6 Å². The molecule has 0 fully saturated rings. The van der Waals surface area contributed by atoms with Crippen molar-refractivity contribution < 1.29 is 4.79 Å². The first-order chi connectivity index (χ1) is 15.2. The minimum atomic E-state index is -0.258. The van der Waals surface area contributed by atoms with Gasteiger partial charge in [-0.3, -0.25) is 19.3 Å². The van der Waals surface area contributed by atoms with E-state index in [1.54, 1.807) is 55.3 Å². The number of rotatable bonds is 7. The number of benzene rings is 1. The first-order valence-corrected chi connectivity index (χ1v) is 10.5. The van der Waals surface area contributed by atoms with Gasteiger partial charge in [-0.15, -0.1) is 10.2 Å². The number of pyridine rings is 2. The van der Waals surface area contributed by atoms with Crippen molar-refractivity contribution >= 4 is 35.5 Å². The number of carbonyl (C=O) groups excluding carboxylic acids is 1. The van der Waals surface area contributed by atoms with Gasteiger partial charge in [-0.25, -0.2) is 5.43 Å². The number of hydrogen-bond acceptors (Lipinski definition) is 7. The van der Waals surface area contributed by atoms with Crippen LogP contribution in [0.4, 0.5) is 0 Å². The van der Waals surface area contributed by atoms with Gasteiger partial charge in [0.2, 0.25) is 0 Å². The number of halogens is 1. The monoisotopic (exact) mass is 449 g/mol. The van der Waals surface area contributed by atoms with Crippen molar-refractivity contribution in [2.45, 2.75) is 5.16 Å². The molecule has 0 aliphatic heterocycles. The molecular weight excluding hydrogens is 434 g/mol. The Morgan fingerprint density at radius 3 is 2.39 bits per heavy atom. The molecule has 0 spiro atoms. The first-order valence-electron chi connectivity index (χ1n) is 9.17. The summed E-state index contributed by atoms with van der Waals surface area (Å²) in [5.74, 6) is 0.505. The summed E-state index contributed by atoms with van der Waals surface area (Å²) in [5, 5.41) is 13.8. The van der Waals surface area contributed by atoms with Crippen LogP contribution in [0, 0.1) is 0 Å². The predicted molar refractivity (Wildman–Crippen MR) is 120 cm³/mol. The lowest BCUT2D eigenvalue weighted by atomic mass is 10.2. The van der Waals surface area contributed by atoms with E-state index in [-0.39, 0.29) is 11.7 Å². The van der Waals surface area contributed by atoms with E-state index >= 15 is 0 Å². The van der Waals surface area contributed by atoms with Gasteiger partial charge < -0.3 is 0 Å². The first kappa shape index (κ1) is 20.7. The zero-order valence-electron chi connectivity index (χ0n) is 16.1. The quantitative estimate of drug-likeness (QED) is 0.263. The third kappa shape index (κ3) is 5.33. The molecule has 0 bridgehead atoms. The van der Waals surface area contributed by atoms with Crippen molar-refractivity contribution in [3.63, 3.8) is 0 Å². The highest BCUT2D eigenvalue weighted by Crippen LogP contribution is 2.28. The van der Waals surface area contributed by atoms with Crippen LogP contribution >= 0.6 is 23.4 Å². The molecule has 10 heteroatoms. The maximum atomic E-state index is 12.2. The molecular formula is C21H16ClN7OS. The lowest BCUT2D eigenvalue weighted by Crippen LogP contribution is -2.20. The van der Waals surface area contributed by atoms with Crippen LogP contribution in [0.5, 0.6) is 0 Å². The maximum absolute atomic E-state index is 12.2. The van der Waals surface area contributed by atoms with Gasteiger partial charge in [0.25, 0.3) is 5.91 Å². The molecule has 1 amide bonds. The van der Waals surface area contributed by atoms with Gasteiger partial charge in [-0.1, -0.05) is 23.4 Å². The van der Waals surface area contributed by atoms with Gasteiger partial charge in [-0.2, -0.15) is 5.10 Å². The third-order valence-electron chi connectivity index (χ3n) is 4.10. The fourth-order valence-electron chi connectivity index (χ4n) is 2.66. The predicted octanol–water partition coefficient (Wildman–Crippen LogP) is 3.62. The summed E-state index contributed by atoms with van der Waals surface area (Å²) in [5.41, 5.74) is 5.04. The summed E-state index contributed by atoms with van der Waals surface area (Å²) < 4.78 is 1.88. The topological polar surface area (TPSA) is 98.0 Å². The van der Waals surface area contributed by atoms with E-state index in [4.69, 9.17) is 11.6 Å². The Bertz CT molecular complexity index is 1180. The van der Waals surface area contributed by atoms with Crippen LogP contribution in [0.1, 0.15) is 5.56 Å². The molecule has 8 nitrogen and oxygen atoms in total. The number of nitrogens with one attached hydrogen (secondary N) is 1. The molecule has 0 unspecified atom stereocenters. The standard InChI is InChI=1S/C21H16ClN7OS/c22-17-1-3-18(4-2-17)29-20(16-7-11-24-12-8-16)27-28-21(29)31-14-19(30)26-25-13-15-5-9-23-10-6-15/h1-13H,14H2,(H,26,30). The Balaban J connectivity index is 1.51. The molecule has 154 valence electrons. The van der Waals surface area contributed by atoms with Crippen molar-refractivity contribution in [2.75, 3.05) is 5.75 Å². The van der Waals surface area contributed by atoms with Crippen molar-refractivity contribution in [1.29, 1.82) is 0 Å². The summed E-state index contributed by atoms with van der Waals surface area (Å²) in [6.07, 6.45) is 8.25. The molecule has 1 aromatic carbocycles. The van der Waals surface area contributed by atoms with Crippen LogP contribution in [0.2, 0.25) is 5.02 Å². The molecule has 1 N–H and O–H groups in total. The van der Waals surface area contributed by atoms with Crippen LogP contribution in [-0.2, 0) is 4.79 Å². The lowest BCUT2D eigenvalue weighted by molar-refractivity contribution is -0.118. The minimum absolute atomic E-state index is 0.121. The third-order valence-corrected chi connectivity index (χ3v) is 5.28. The van der Waals surface area contributed by atoms with Crippen molar-refractivity contribution in [3.05, 3.63) is 83.9 Å². The summed E-state index contributed by atoms with van der Waals surface area (Å²) in [7, 11) is 0. The second-order valence-electron chi connectivity index (χ2n) is 6.22. The van der Waals surface area contributed by atoms with Crippen molar-refractivity contribution in [1.82, 2.24) is 30.2 Å². The number of hydrazone groups is 1. The highest BCUT2D eigenvalue weighted by Gasteiger charge is 2.17. The SMILES string of the molecule is O=C(CSc1nnc(-c2ccncc2)n1-c1ccc(Cl)cc1)NN=Cc1ccncc1. The average molecular weight is 450 g/mol.